The summed E-state index contributed by atoms with van der Waals surface area (Å²) in [7, 11) is 0. The number of nitrogens with zero attached hydrogens (tertiary/aromatic N) is 1. The van der Waals surface area contributed by atoms with Gasteiger partial charge in [0.1, 0.15) is 49.1 Å². The number of nitrogens with one attached hydrogen (secondary N) is 4. The molecule has 0 aliphatic heterocycles. The molecule has 0 spiro atoms. The predicted octanol–water partition coefficient (Wildman–Crippen LogP) is 3.30. The molecular weight excluding hydrogens is 807 g/mol. The molecule has 5 amide bonds. The van der Waals surface area contributed by atoms with Crippen LogP contribution in [0.15, 0.2) is 72.8 Å². The smallest absolute Gasteiger partial charge is 0.408 e. The number of hydrogen-bond donors (Lipinski definition) is 5. The zero-order valence-electron chi connectivity index (χ0n) is 36.9. The number of amides is 5. The molecule has 0 aliphatic rings. The molecule has 5 atom stereocenters. The third kappa shape index (κ3) is 20.3. The molecule has 18 nitrogen and oxygen atoms in total. The first kappa shape index (κ1) is 51.8. The van der Waals surface area contributed by atoms with Gasteiger partial charge in [0.25, 0.3) is 11.8 Å². The number of esters is 3. The lowest BCUT2D eigenvalue weighted by atomic mass is 9.97. The minimum atomic E-state index is -1.83. The largest absolute Gasteiger partial charge is 0.460 e. The van der Waals surface area contributed by atoms with Crippen molar-refractivity contribution in [1.82, 2.24) is 26.4 Å². The second-order valence-corrected chi connectivity index (χ2v) is 16.4. The number of carbonyl (C=O) groups is 8. The van der Waals surface area contributed by atoms with E-state index >= 15 is 0 Å². The van der Waals surface area contributed by atoms with Gasteiger partial charge in [-0.2, -0.15) is 0 Å². The van der Waals surface area contributed by atoms with Crippen molar-refractivity contribution < 1.29 is 62.4 Å². The van der Waals surface area contributed by atoms with Crippen molar-refractivity contribution in [1.29, 1.82) is 0 Å². The van der Waals surface area contributed by atoms with Gasteiger partial charge in [-0.15, -0.1) is 0 Å². The number of hydrogen-bond acceptors (Lipinski definition) is 13. The maximum absolute atomic E-state index is 13.9. The van der Waals surface area contributed by atoms with Crippen molar-refractivity contribution >= 4 is 47.6 Å². The first-order valence-corrected chi connectivity index (χ1v) is 20.2. The van der Waals surface area contributed by atoms with E-state index in [1.807, 2.05) is 0 Å². The summed E-state index contributed by atoms with van der Waals surface area (Å²) in [6, 6.07) is 13.0. The summed E-state index contributed by atoms with van der Waals surface area (Å²) in [5.41, 5.74) is 1.71. The molecule has 0 aliphatic carbocycles. The third-order valence-electron chi connectivity index (χ3n) is 8.54. The molecule has 2 aromatic rings. The van der Waals surface area contributed by atoms with Crippen molar-refractivity contribution in [3.63, 3.8) is 0 Å². The van der Waals surface area contributed by atoms with Gasteiger partial charge in [0.2, 0.25) is 11.8 Å². The van der Waals surface area contributed by atoms with Crippen LogP contribution < -0.4 is 21.4 Å². The van der Waals surface area contributed by atoms with Crippen molar-refractivity contribution in [3.8, 4) is 0 Å². The lowest BCUT2D eigenvalue weighted by Crippen LogP contribution is -2.61. The van der Waals surface area contributed by atoms with Gasteiger partial charge >= 0.3 is 24.0 Å². The van der Waals surface area contributed by atoms with Crippen molar-refractivity contribution in [2.75, 3.05) is 6.54 Å². The van der Waals surface area contributed by atoms with Gasteiger partial charge in [-0.1, -0.05) is 80.9 Å². The summed E-state index contributed by atoms with van der Waals surface area (Å²) in [5, 5.41) is 18.7. The molecule has 0 aromatic heterocycles. The SMILES string of the molecule is CC[C@H](C)[C@H](NC(=O)OCc1ccccc1)C(=O)N[C@@H](CCC(=O)OC(C)(C)C)C(=O)N[C@H](C(=O)NN(CC(=O)OC(C)(C)C)C(=O)/C=C/C(=O)OCc1ccccc1)[C@@H](C)O. The van der Waals surface area contributed by atoms with Crippen LogP contribution in [0.4, 0.5) is 4.79 Å². The fourth-order valence-electron chi connectivity index (χ4n) is 5.32. The lowest BCUT2D eigenvalue weighted by Gasteiger charge is -2.29. The Hall–Kier alpha value is -6.30. The van der Waals surface area contributed by atoms with Crippen LogP contribution in [-0.4, -0.2) is 99.7 Å². The molecule has 0 bridgehead atoms. The van der Waals surface area contributed by atoms with E-state index < -0.39 is 95.5 Å². The van der Waals surface area contributed by atoms with E-state index in [1.165, 1.54) is 0 Å². The summed E-state index contributed by atoms with van der Waals surface area (Å²) in [6.45, 7) is 13.3. The number of aliphatic hydroxyl groups excluding tert-OH is 1. The molecule has 0 radical (unpaired) electrons. The van der Waals surface area contributed by atoms with Gasteiger partial charge in [0.15, 0.2) is 0 Å². The molecule has 0 fully saturated rings. The molecule has 2 aromatic carbocycles. The van der Waals surface area contributed by atoms with Crippen LogP contribution in [-0.2, 0) is 65.7 Å². The minimum Gasteiger partial charge on any atom is -0.460 e. The second kappa shape index (κ2) is 24.8. The predicted molar refractivity (Wildman–Crippen MR) is 225 cm³/mol. The van der Waals surface area contributed by atoms with Gasteiger partial charge in [-0.05, 0) is 71.9 Å². The summed E-state index contributed by atoms with van der Waals surface area (Å²) >= 11 is 0. The van der Waals surface area contributed by atoms with Crippen molar-refractivity contribution in [2.45, 2.75) is 130 Å². The topological polar surface area (TPSA) is 245 Å². The van der Waals surface area contributed by atoms with Crippen LogP contribution in [0.5, 0.6) is 0 Å². The number of carbonyl (C=O) groups excluding carboxylic acids is 8. The number of hydrazine groups is 1. The highest BCUT2D eigenvalue weighted by Crippen LogP contribution is 2.14. The van der Waals surface area contributed by atoms with Crippen LogP contribution in [0.3, 0.4) is 0 Å². The Balaban J connectivity index is 2.34. The summed E-state index contributed by atoms with van der Waals surface area (Å²) in [4.78, 5) is 106. The van der Waals surface area contributed by atoms with Crippen molar-refractivity contribution in [2.24, 2.45) is 5.92 Å². The quantitative estimate of drug-likeness (QED) is 0.0556. The average molecular weight is 868 g/mol. The highest BCUT2D eigenvalue weighted by Gasteiger charge is 2.35. The zero-order chi connectivity index (χ0) is 46.6. The second-order valence-electron chi connectivity index (χ2n) is 16.4. The molecule has 62 heavy (non-hydrogen) atoms. The van der Waals surface area contributed by atoms with Crippen LogP contribution in [0, 0.1) is 5.92 Å². The number of rotatable bonds is 20. The fourth-order valence-corrected chi connectivity index (χ4v) is 5.32. The van der Waals surface area contributed by atoms with Gasteiger partial charge in [-0.3, -0.25) is 34.2 Å². The van der Waals surface area contributed by atoms with Crippen LogP contribution in [0.25, 0.3) is 0 Å². The van der Waals surface area contributed by atoms with E-state index in [1.54, 1.807) is 116 Å². The normalized spacial score (nSPS) is 13.8. The first-order chi connectivity index (χ1) is 29.0. The maximum atomic E-state index is 13.9. The van der Waals surface area contributed by atoms with E-state index in [9.17, 15) is 43.5 Å². The number of aliphatic hydroxyl groups is 1. The Morgan fingerprint density at radius 2 is 1.21 bits per heavy atom. The van der Waals surface area contributed by atoms with Crippen LogP contribution in [0.1, 0.15) is 92.7 Å². The minimum absolute atomic E-state index is 0.0797. The molecule has 5 N–H and O–H groups in total. The molecule has 0 heterocycles. The zero-order valence-corrected chi connectivity index (χ0v) is 36.9. The Morgan fingerprint density at radius 3 is 1.73 bits per heavy atom. The van der Waals surface area contributed by atoms with E-state index in [2.05, 4.69) is 21.4 Å². The molecule has 340 valence electrons. The molecular formula is C44H61N5O13. The van der Waals surface area contributed by atoms with E-state index in [0.717, 1.165) is 19.1 Å². The van der Waals surface area contributed by atoms with Gasteiger partial charge in [-0.25, -0.2) is 14.6 Å². The number of alkyl carbamates (subject to hydrolysis) is 1. The first-order valence-electron chi connectivity index (χ1n) is 20.2. The van der Waals surface area contributed by atoms with Crippen molar-refractivity contribution in [3.05, 3.63) is 83.9 Å². The lowest BCUT2D eigenvalue weighted by molar-refractivity contribution is -0.161. The molecule has 2 rings (SSSR count). The maximum Gasteiger partial charge on any atom is 0.408 e. The van der Waals surface area contributed by atoms with Gasteiger partial charge in [0, 0.05) is 18.6 Å². The molecule has 0 unspecified atom stereocenters. The Labute approximate surface area is 362 Å². The number of ether oxygens (including phenoxy) is 4. The fraction of sp³-hybridized carbons (Fsp3) is 0.500. The summed E-state index contributed by atoms with van der Waals surface area (Å²) in [5.74, 6) is -7.17. The van der Waals surface area contributed by atoms with Gasteiger partial charge in [0.05, 0.1) is 6.10 Å². The van der Waals surface area contributed by atoms with Gasteiger partial charge < -0.3 is 40.0 Å². The van der Waals surface area contributed by atoms with E-state index in [-0.39, 0.29) is 26.1 Å². The van der Waals surface area contributed by atoms with Crippen LogP contribution >= 0.6 is 0 Å². The van der Waals surface area contributed by atoms with Crippen LogP contribution in [0.2, 0.25) is 0 Å². The molecule has 18 heteroatoms. The summed E-state index contributed by atoms with van der Waals surface area (Å²) in [6.07, 6.45) is -1.32. The Morgan fingerprint density at radius 1 is 0.677 bits per heavy atom. The highest BCUT2D eigenvalue weighted by atomic mass is 16.6. The van der Waals surface area contributed by atoms with E-state index in [0.29, 0.717) is 22.6 Å². The molecule has 0 saturated heterocycles. The molecule has 0 saturated carbocycles. The monoisotopic (exact) mass is 867 g/mol. The third-order valence-corrected chi connectivity index (χ3v) is 8.54. The Kier molecular flexibility index (Phi) is 20.8. The Bertz CT molecular complexity index is 1860. The average Bonchev–Trinajstić information content (AvgIpc) is 3.19. The standard InChI is InChI=1S/C44H61N5O13/c1-10-28(2)37(47-42(58)60-27-31-19-15-12-16-20-31)40(56)45-32(21-23-35(53)61-43(4,5)6)39(55)46-38(29(3)50)41(57)48-49(25-36(54)62-44(7,8)9)33(51)22-24-34(52)59-26-30-17-13-11-14-18-30/h11-20,22,24,28-29,32,37-38,50H,10,21,23,25-27H2,1-9H3,(H,45,56)(H,46,55)(H,47,58)(H,48,57)/b24-22+/t28-,29+,32-,37-,38-/m0/s1. The highest BCUT2D eigenvalue weighted by molar-refractivity contribution is 5.98. The summed E-state index contributed by atoms with van der Waals surface area (Å²) < 4.78 is 21.1. The van der Waals surface area contributed by atoms with E-state index in [4.69, 9.17) is 18.9 Å². The number of benzene rings is 2.